The van der Waals surface area contributed by atoms with E-state index in [4.69, 9.17) is 4.74 Å². The Kier molecular flexibility index (Phi) is 6.13. The minimum Gasteiger partial charge on any atom is -0.481 e. The predicted octanol–water partition coefficient (Wildman–Crippen LogP) is 5.19. The van der Waals surface area contributed by atoms with Crippen LogP contribution in [0.1, 0.15) is 18.4 Å². The van der Waals surface area contributed by atoms with Gasteiger partial charge >= 0.3 is 5.97 Å². The van der Waals surface area contributed by atoms with E-state index in [1.54, 1.807) is 0 Å². The maximum absolute atomic E-state index is 11.4. The van der Waals surface area contributed by atoms with Gasteiger partial charge in [-0.3, -0.25) is 9.69 Å². The molecule has 28 heavy (non-hydrogen) atoms. The molecule has 0 spiro atoms. The van der Waals surface area contributed by atoms with Crippen LogP contribution in [0.3, 0.4) is 0 Å². The predicted molar refractivity (Wildman–Crippen MR) is 120 cm³/mol. The van der Waals surface area contributed by atoms with Crippen molar-refractivity contribution in [2.75, 3.05) is 13.1 Å². The highest BCUT2D eigenvalue weighted by Gasteiger charge is 2.33. The number of thiazole rings is 1. The molecule has 4 rings (SSSR count). The molecule has 2 heterocycles. The molecule has 2 aromatic carbocycles. The van der Waals surface area contributed by atoms with Gasteiger partial charge in [0.25, 0.3) is 5.19 Å². The number of fused-ring (bicyclic) bond motifs is 1. The number of hydrogen-bond donors (Lipinski definition) is 1. The SMILES string of the molecule is O=C(O)C1CCCN(CCc2ccc(Oc3nc4ccccc4s3)cc2)C1I. The number of aliphatic carboxylic acids is 1. The monoisotopic (exact) mass is 508 g/mol. The smallest absolute Gasteiger partial charge is 0.308 e. The highest BCUT2D eigenvalue weighted by Crippen LogP contribution is 2.31. The summed E-state index contributed by atoms with van der Waals surface area (Å²) in [5.74, 6) is -0.169. The summed E-state index contributed by atoms with van der Waals surface area (Å²) >= 11 is 3.82. The third-order valence-electron chi connectivity index (χ3n) is 5.05. The number of ether oxygens (including phenoxy) is 1. The van der Waals surface area contributed by atoms with E-state index in [-0.39, 0.29) is 9.97 Å². The second-order valence-electron chi connectivity index (χ2n) is 6.94. The lowest BCUT2D eigenvalue weighted by atomic mass is 9.98. The number of nitrogens with zero attached hydrogens (tertiary/aromatic N) is 2. The second-order valence-corrected chi connectivity index (χ2v) is 9.21. The topological polar surface area (TPSA) is 62.7 Å². The van der Waals surface area contributed by atoms with Crippen molar-refractivity contribution in [2.24, 2.45) is 5.92 Å². The van der Waals surface area contributed by atoms with Gasteiger partial charge in [-0.15, -0.1) is 0 Å². The van der Waals surface area contributed by atoms with Crippen molar-refractivity contribution < 1.29 is 14.6 Å². The molecule has 3 aromatic rings. The number of carboxylic acids is 1. The molecule has 0 aliphatic carbocycles. The summed E-state index contributed by atoms with van der Waals surface area (Å²) in [4.78, 5) is 18.2. The molecule has 1 aliphatic rings. The Balaban J connectivity index is 1.35. The molecule has 0 amide bonds. The number of alkyl halides is 1. The summed E-state index contributed by atoms with van der Waals surface area (Å²) < 4.78 is 7.08. The largest absolute Gasteiger partial charge is 0.481 e. The Hall–Kier alpha value is -1.71. The molecule has 2 atom stereocenters. The zero-order valence-electron chi connectivity index (χ0n) is 15.3. The molecular weight excluding hydrogens is 487 g/mol. The third-order valence-corrected chi connectivity index (χ3v) is 7.62. The van der Waals surface area contributed by atoms with Crippen molar-refractivity contribution in [1.82, 2.24) is 9.88 Å². The van der Waals surface area contributed by atoms with Crippen LogP contribution in [0.15, 0.2) is 48.5 Å². The van der Waals surface area contributed by atoms with Crippen LogP contribution in [0, 0.1) is 5.92 Å². The fourth-order valence-electron chi connectivity index (χ4n) is 3.50. The molecule has 1 aromatic heterocycles. The number of carboxylic acid groups (broad SMARTS) is 1. The Bertz CT molecular complexity index is 927. The second kappa shape index (κ2) is 8.75. The molecule has 0 saturated carbocycles. The standard InChI is InChI=1S/C21H21IN2O3S/c22-19-16(20(25)26)4-3-12-24(19)13-11-14-7-9-15(10-8-14)27-21-23-17-5-1-2-6-18(17)28-21/h1-2,5-10,16,19H,3-4,11-13H2,(H,25,26). The lowest BCUT2D eigenvalue weighted by molar-refractivity contribution is -0.143. The molecular formula is C21H21IN2O3S. The zero-order chi connectivity index (χ0) is 19.5. The number of hydrogen-bond acceptors (Lipinski definition) is 5. The number of piperidine rings is 1. The normalized spacial score (nSPS) is 20.3. The summed E-state index contributed by atoms with van der Waals surface area (Å²) in [6.45, 7) is 1.84. The van der Waals surface area contributed by atoms with Gasteiger partial charge in [0.1, 0.15) is 5.75 Å². The van der Waals surface area contributed by atoms with Crippen molar-refractivity contribution in [2.45, 2.75) is 23.3 Å². The highest BCUT2D eigenvalue weighted by atomic mass is 127. The van der Waals surface area contributed by atoms with Crippen molar-refractivity contribution in [3.8, 4) is 10.9 Å². The van der Waals surface area contributed by atoms with Crippen LogP contribution in [-0.2, 0) is 11.2 Å². The fourth-order valence-corrected chi connectivity index (χ4v) is 5.56. The molecule has 0 bridgehead atoms. The van der Waals surface area contributed by atoms with E-state index in [1.807, 2.05) is 36.4 Å². The van der Waals surface area contributed by atoms with Crippen molar-refractivity contribution in [3.05, 3.63) is 54.1 Å². The first-order valence-electron chi connectivity index (χ1n) is 9.33. The molecule has 1 saturated heterocycles. The van der Waals surface area contributed by atoms with Crippen LogP contribution in [0.5, 0.6) is 10.9 Å². The van der Waals surface area contributed by atoms with Crippen molar-refractivity contribution in [1.29, 1.82) is 0 Å². The van der Waals surface area contributed by atoms with Crippen LogP contribution < -0.4 is 4.74 Å². The molecule has 1 aliphatic heterocycles. The summed E-state index contributed by atoms with van der Waals surface area (Å²) in [6, 6.07) is 16.1. The first kappa shape index (κ1) is 19.6. The number of rotatable bonds is 6. The molecule has 5 nitrogen and oxygen atoms in total. The van der Waals surface area contributed by atoms with Crippen molar-refractivity contribution >= 4 is 50.1 Å². The van der Waals surface area contributed by atoms with Crippen molar-refractivity contribution in [3.63, 3.8) is 0 Å². The molecule has 2 unspecified atom stereocenters. The quantitative estimate of drug-likeness (QED) is 0.282. The first-order chi connectivity index (χ1) is 13.6. The van der Waals surface area contributed by atoms with Gasteiger partial charge in [0.2, 0.25) is 0 Å². The maximum atomic E-state index is 11.4. The molecule has 1 fully saturated rings. The average Bonchev–Trinajstić information content (AvgIpc) is 3.10. The first-order valence-corrected chi connectivity index (χ1v) is 11.4. The van der Waals surface area contributed by atoms with E-state index in [0.29, 0.717) is 5.19 Å². The summed E-state index contributed by atoms with van der Waals surface area (Å²) in [6.07, 6.45) is 2.62. The molecule has 1 N–H and O–H groups in total. The van der Waals surface area contributed by atoms with Crippen LogP contribution >= 0.6 is 33.9 Å². The lowest BCUT2D eigenvalue weighted by Crippen LogP contribution is -2.45. The van der Waals surface area contributed by atoms with Gasteiger partial charge in [-0.05, 0) is 55.6 Å². The minimum absolute atomic E-state index is 0.0606. The number of aromatic nitrogens is 1. The zero-order valence-corrected chi connectivity index (χ0v) is 18.2. The summed E-state index contributed by atoms with van der Waals surface area (Å²) in [5.41, 5.74) is 2.17. The number of para-hydroxylation sites is 1. The fraction of sp³-hybridized carbons (Fsp3) is 0.333. The van der Waals surface area contributed by atoms with Gasteiger partial charge in [0.05, 0.1) is 20.2 Å². The lowest BCUT2D eigenvalue weighted by Gasteiger charge is -2.36. The van der Waals surface area contributed by atoms with Gasteiger partial charge in [-0.2, -0.15) is 0 Å². The van der Waals surface area contributed by atoms with Crippen LogP contribution in [0.4, 0.5) is 0 Å². The van der Waals surface area contributed by atoms with E-state index in [9.17, 15) is 9.90 Å². The Morgan fingerprint density at radius 2 is 2.04 bits per heavy atom. The van der Waals surface area contributed by atoms with Gasteiger partial charge in [0.15, 0.2) is 0 Å². The van der Waals surface area contributed by atoms with E-state index in [1.165, 1.54) is 16.9 Å². The average molecular weight is 508 g/mol. The Morgan fingerprint density at radius 1 is 1.25 bits per heavy atom. The minimum atomic E-state index is -0.680. The number of halogens is 1. The van der Waals surface area contributed by atoms with E-state index >= 15 is 0 Å². The van der Waals surface area contributed by atoms with Gasteiger partial charge in [-0.25, -0.2) is 4.98 Å². The number of carbonyl (C=O) groups is 1. The number of benzene rings is 2. The molecule has 0 radical (unpaired) electrons. The Morgan fingerprint density at radius 3 is 2.79 bits per heavy atom. The number of likely N-dealkylation sites (tertiary alicyclic amines) is 1. The van der Waals surface area contributed by atoms with Crippen LogP contribution in [0.25, 0.3) is 10.2 Å². The van der Waals surface area contributed by atoms with E-state index < -0.39 is 5.97 Å². The van der Waals surface area contributed by atoms with Crippen LogP contribution in [0.2, 0.25) is 0 Å². The van der Waals surface area contributed by atoms with Gasteiger partial charge in [0, 0.05) is 6.54 Å². The van der Waals surface area contributed by atoms with Crippen LogP contribution in [-0.4, -0.2) is 38.1 Å². The third kappa shape index (κ3) is 4.47. The maximum Gasteiger partial charge on any atom is 0.308 e. The van der Waals surface area contributed by atoms with Gasteiger partial charge < -0.3 is 9.84 Å². The Labute approximate surface area is 181 Å². The van der Waals surface area contributed by atoms with Gasteiger partial charge in [-0.1, -0.05) is 58.2 Å². The molecule has 146 valence electrons. The highest BCUT2D eigenvalue weighted by molar-refractivity contribution is 14.1. The molecule has 7 heteroatoms. The summed E-state index contributed by atoms with van der Waals surface area (Å²) in [5, 5.41) is 10.0. The van der Waals surface area contributed by atoms with E-state index in [0.717, 1.165) is 48.3 Å². The summed E-state index contributed by atoms with van der Waals surface area (Å²) in [7, 11) is 0. The van der Waals surface area contributed by atoms with E-state index in [2.05, 4.69) is 44.6 Å².